The molecule has 4 heteroatoms. The molecule has 1 heterocycles. The molecular weight excluding hydrogens is 266 g/mol. The van der Waals surface area contributed by atoms with Crippen LogP contribution >= 0.6 is 11.8 Å². The van der Waals surface area contributed by atoms with Crippen molar-refractivity contribution >= 4 is 11.8 Å². The molecule has 0 atom stereocenters. The minimum Gasteiger partial charge on any atom is -0.197 e. The first kappa shape index (κ1) is 12.9. The van der Waals surface area contributed by atoms with Gasteiger partial charge in [0.15, 0.2) is 0 Å². The Morgan fingerprint density at radius 3 is 2.55 bits per heavy atom. The molecule has 3 rings (SSSR count). The Morgan fingerprint density at radius 2 is 1.85 bits per heavy atom. The van der Waals surface area contributed by atoms with E-state index in [1.165, 1.54) is 22.3 Å². The Kier molecular flexibility index (Phi) is 3.83. The molecular formula is C16H15N3S. The zero-order valence-electron chi connectivity index (χ0n) is 11.2. The van der Waals surface area contributed by atoms with E-state index in [1.54, 1.807) is 18.0 Å². The summed E-state index contributed by atoms with van der Waals surface area (Å²) in [5.74, 6) is 0.903. The molecule has 0 aliphatic carbocycles. The third kappa shape index (κ3) is 2.91. The molecule has 0 bridgehead atoms. The Morgan fingerprint density at radius 1 is 1.05 bits per heavy atom. The molecule has 0 spiro atoms. The quantitative estimate of drug-likeness (QED) is 0.733. The van der Waals surface area contributed by atoms with Crippen LogP contribution in [0.25, 0.3) is 11.1 Å². The second-order valence-electron chi connectivity index (χ2n) is 4.61. The first-order valence-electron chi connectivity index (χ1n) is 6.46. The summed E-state index contributed by atoms with van der Waals surface area (Å²) >= 11 is 1.68. The van der Waals surface area contributed by atoms with E-state index in [9.17, 15) is 0 Å². The molecule has 1 N–H and O–H groups in total. The predicted octanol–water partition coefficient (Wildman–Crippen LogP) is 4.07. The summed E-state index contributed by atoms with van der Waals surface area (Å²) in [7, 11) is 0. The second-order valence-corrected chi connectivity index (χ2v) is 5.60. The highest BCUT2D eigenvalue weighted by atomic mass is 32.2. The van der Waals surface area contributed by atoms with E-state index < -0.39 is 0 Å². The number of nitrogens with zero attached hydrogens (tertiary/aromatic N) is 2. The Hall–Kier alpha value is -2.07. The molecule has 0 unspecified atom stereocenters. The number of H-pyrrole nitrogens is 1. The van der Waals surface area contributed by atoms with Crippen molar-refractivity contribution in [1.29, 1.82) is 0 Å². The van der Waals surface area contributed by atoms with Gasteiger partial charge in [0, 0.05) is 5.75 Å². The lowest BCUT2D eigenvalue weighted by Crippen LogP contribution is -1.85. The minimum absolute atomic E-state index is 0.903. The molecule has 3 aromatic rings. The molecule has 2 aromatic carbocycles. The van der Waals surface area contributed by atoms with Crippen LogP contribution in [-0.2, 0) is 5.75 Å². The molecule has 100 valence electrons. The van der Waals surface area contributed by atoms with Gasteiger partial charge in [-0.25, -0.2) is 0 Å². The maximum atomic E-state index is 4.03. The third-order valence-corrected chi connectivity index (χ3v) is 4.16. The van der Waals surface area contributed by atoms with Crippen molar-refractivity contribution in [3.05, 3.63) is 65.9 Å². The highest BCUT2D eigenvalue weighted by molar-refractivity contribution is 7.98. The molecule has 0 saturated carbocycles. The van der Waals surface area contributed by atoms with Crippen LogP contribution in [0.3, 0.4) is 0 Å². The van der Waals surface area contributed by atoms with Gasteiger partial charge in [-0.2, -0.15) is 10.3 Å². The molecule has 0 aliphatic rings. The minimum atomic E-state index is 0.903. The van der Waals surface area contributed by atoms with Gasteiger partial charge in [0.25, 0.3) is 0 Å². The van der Waals surface area contributed by atoms with Crippen molar-refractivity contribution in [1.82, 2.24) is 15.4 Å². The van der Waals surface area contributed by atoms with Crippen molar-refractivity contribution < 1.29 is 0 Å². The van der Waals surface area contributed by atoms with Crippen LogP contribution in [0.2, 0.25) is 0 Å². The lowest BCUT2D eigenvalue weighted by atomic mass is 10.00. The van der Waals surface area contributed by atoms with Gasteiger partial charge in [0.2, 0.25) is 0 Å². The number of hydrogen-bond acceptors (Lipinski definition) is 3. The fourth-order valence-electron chi connectivity index (χ4n) is 2.10. The Bertz CT molecular complexity index is 675. The molecule has 20 heavy (non-hydrogen) atoms. The summed E-state index contributed by atoms with van der Waals surface area (Å²) in [5.41, 5.74) is 5.15. The summed E-state index contributed by atoms with van der Waals surface area (Å²) in [6, 6.07) is 17.2. The summed E-state index contributed by atoms with van der Waals surface area (Å²) in [6.07, 6.45) is 1.74. The molecule has 0 radical (unpaired) electrons. The van der Waals surface area contributed by atoms with Crippen LogP contribution in [-0.4, -0.2) is 15.4 Å². The van der Waals surface area contributed by atoms with Gasteiger partial charge >= 0.3 is 0 Å². The van der Waals surface area contributed by atoms with Gasteiger partial charge in [-0.15, -0.1) is 5.10 Å². The zero-order valence-corrected chi connectivity index (χ0v) is 12.0. The lowest BCUT2D eigenvalue weighted by molar-refractivity contribution is 0.911. The number of rotatable bonds is 4. The number of benzene rings is 2. The van der Waals surface area contributed by atoms with E-state index in [4.69, 9.17) is 0 Å². The molecule has 0 fully saturated rings. The highest BCUT2D eigenvalue weighted by Gasteiger charge is 2.02. The van der Waals surface area contributed by atoms with Gasteiger partial charge in [-0.3, -0.25) is 0 Å². The van der Waals surface area contributed by atoms with E-state index in [-0.39, 0.29) is 0 Å². The van der Waals surface area contributed by atoms with Crippen LogP contribution in [0.4, 0.5) is 0 Å². The molecule has 3 nitrogen and oxygen atoms in total. The van der Waals surface area contributed by atoms with Gasteiger partial charge in [0.05, 0.1) is 6.20 Å². The Labute approximate surface area is 122 Å². The number of aromatic nitrogens is 3. The normalized spacial score (nSPS) is 10.7. The molecule has 0 saturated heterocycles. The van der Waals surface area contributed by atoms with Crippen LogP contribution in [0, 0.1) is 6.92 Å². The Balaban J connectivity index is 1.73. The maximum Gasteiger partial charge on any atom is 0.139 e. The van der Waals surface area contributed by atoms with E-state index in [0.29, 0.717) is 0 Å². The number of aryl methyl sites for hydroxylation is 1. The van der Waals surface area contributed by atoms with Crippen LogP contribution < -0.4 is 0 Å². The topological polar surface area (TPSA) is 41.6 Å². The monoisotopic (exact) mass is 281 g/mol. The first-order valence-corrected chi connectivity index (χ1v) is 7.45. The maximum absolute atomic E-state index is 4.03. The molecule has 0 amide bonds. The number of nitrogens with one attached hydrogen (secondary N) is 1. The van der Waals surface area contributed by atoms with E-state index in [2.05, 4.69) is 70.9 Å². The molecule has 1 aromatic heterocycles. The van der Waals surface area contributed by atoms with Crippen molar-refractivity contribution in [2.24, 2.45) is 0 Å². The smallest absolute Gasteiger partial charge is 0.139 e. The van der Waals surface area contributed by atoms with Gasteiger partial charge in [0.1, 0.15) is 5.03 Å². The average Bonchev–Trinajstić information content (AvgIpc) is 3.00. The first-order chi connectivity index (χ1) is 9.83. The average molecular weight is 281 g/mol. The SMILES string of the molecule is Cc1ccccc1-c1ccc(CSc2cn[nH]n2)cc1. The standard InChI is InChI=1S/C16H15N3S/c1-12-4-2-3-5-15(12)14-8-6-13(7-9-14)11-20-16-10-17-19-18-16/h2-10H,11H2,1H3,(H,17,18,19). The summed E-state index contributed by atoms with van der Waals surface area (Å²) in [5, 5.41) is 11.4. The fourth-order valence-corrected chi connectivity index (χ4v) is 2.83. The van der Waals surface area contributed by atoms with Crippen molar-refractivity contribution in [3.8, 4) is 11.1 Å². The van der Waals surface area contributed by atoms with Crippen molar-refractivity contribution in [2.75, 3.05) is 0 Å². The van der Waals surface area contributed by atoms with Crippen LogP contribution in [0.15, 0.2) is 59.8 Å². The van der Waals surface area contributed by atoms with Gasteiger partial charge in [-0.05, 0) is 29.2 Å². The van der Waals surface area contributed by atoms with E-state index in [1.807, 2.05) is 0 Å². The summed E-state index contributed by atoms with van der Waals surface area (Å²) < 4.78 is 0. The van der Waals surface area contributed by atoms with Gasteiger partial charge in [-0.1, -0.05) is 60.3 Å². The number of thioether (sulfide) groups is 1. The van der Waals surface area contributed by atoms with Crippen LogP contribution in [0.5, 0.6) is 0 Å². The van der Waals surface area contributed by atoms with Crippen molar-refractivity contribution in [3.63, 3.8) is 0 Å². The highest BCUT2D eigenvalue weighted by Crippen LogP contribution is 2.25. The number of aromatic amines is 1. The van der Waals surface area contributed by atoms with Crippen LogP contribution in [0.1, 0.15) is 11.1 Å². The summed E-state index contributed by atoms with van der Waals surface area (Å²) in [6.45, 7) is 2.14. The van der Waals surface area contributed by atoms with Crippen molar-refractivity contribution in [2.45, 2.75) is 17.7 Å². The second kappa shape index (κ2) is 5.92. The molecule has 0 aliphatic heterocycles. The van der Waals surface area contributed by atoms with E-state index >= 15 is 0 Å². The summed E-state index contributed by atoms with van der Waals surface area (Å²) in [4.78, 5) is 0. The lowest BCUT2D eigenvalue weighted by Gasteiger charge is -2.06. The fraction of sp³-hybridized carbons (Fsp3) is 0.125. The number of hydrogen-bond donors (Lipinski definition) is 1. The zero-order chi connectivity index (χ0) is 13.8. The predicted molar refractivity (Wildman–Crippen MR) is 82.6 cm³/mol. The van der Waals surface area contributed by atoms with Gasteiger partial charge < -0.3 is 0 Å². The largest absolute Gasteiger partial charge is 0.197 e. The third-order valence-electron chi connectivity index (χ3n) is 3.19. The van der Waals surface area contributed by atoms with E-state index in [0.717, 1.165) is 10.8 Å².